The summed E-state index contributed by atoms with van der Waals surface area (Å²) in [6, 6.07) is 2.05. The lowest BCUT2D eigenvalue weighted by Crippen LogP contribution is -2.32. The number of pyridine rings is 1. The fourth-order valence-electron chi connectivity index (χ4n) is 2.14. The van der Waals surface area contributed by atoms with Crippen LogP contribution in [-0.2, 0) is 11.2 Å². The van der Waals surface area contributed by atoms with Crippen molar-refractivity contribution in [1.82, 2.24) is 4.98 Å². The standard InChI is InChI=1S/C12H17ClN2O/c1-8-4-10(7-16-8)12(14)5-9-2-3-15-6-11(9)13/h2-3,6,8,10,12H,4-5,7,14H2,1H3. The van der Waals surface area contributed by atoms with E-state index < -0.39 is 0 Å². The summed E-state index contributed by atoms with van der Waals surface area (Å²) in [5.41, 5.74) is 7.26. The lowest BCUT2D eigenvalue weighted by Gasteiger charge is -2.18. The molecule has 1 fully saturated rings. The van der Waals surface area contributed by atoms with Gasteiger partial charge in [0.25, 0.3) is 0 Å². The first kappa shape index (κ1) is 11.8. The fraction of sp³-hybridized carbons (Fsp3) is 0.583. The van der Waals surface area contributed by atoms with Gasteiger partial charge >= 0.3 is 0 Å². The molecular weight excluding hydrogens is 224 g/mol. The number of aromatic nitrogens is 1. The van der Waals surface area contributed by atoms with Gasteiger partial charge in [0.1, 0.15) is 0 Å². The minimum atomic E-state index is 0.116. The fourth-order valence-corrected chi connectivity index (χ4v) is 2.34. The summed E-state index contributed by atoms with van der Waals surface area (Å²) in [4.78, 5) is 3.96. The van der Waals surface area contributed by atoms with E-state index in [0.717, 1.165) is 25.0 Å². The highest BCUT2D eigenvalue weighted by molar-refractivity contribution is 6.31. The zero-order valence-electron chi connectivity index (χ0n) is 9.40. The Kier molecular flexibility index (Phi) is 3.79. The normalized spacial score (nSPS) is 26.9. The number of hydrogen-bond acceptors (Lipinski definition) is 3. The maximum atomic E-state index is 6.18. The third-order valence-corrected chi connectivity index (χ3v) is 3.49. The molecule has 3 unspecified atom stereocenters. The van der Waals surface area contributed by atoms with Crippen molar-refractivity contribution in [3.05, 3.63) is 29.0 Å². The van der Waals surface area contributed by atoms with Crippen molar-refractivity contribution >= 4 is 11.6 Å². The van der Waals surface area contributed by atoms with Gasteiger partial charge in [-0.15, -0.1) is 0 Å². The van der Waals surface area contributed by atoms with Crippen LogP contribution >= 0.6 is 11.6 Å². The maximum absolute atomic E-state index is 6.18. The van der Waals surface area contributed by atoms with E-state index in [-0.39, 0.29) is 6.04 Å². The van der Waals surface area contributed by atoms with Crippen LogP contribution in [0, 0.1) is 5.92 Å². The summed E-state index contributed by atoms with van der Waals surface area (Å²) < 4.78 is 5.53. The van der Waals surface area contributed by atoms with Crippen LogP contribution in [0.25, 0.3) is 0 Å². The second kappa shape index (κ2) is 5.13. The average Bonchev–Trinajstić information content (AvgIpc) is 2.68. The van der Waals surface area contributed by atoms with Crippen molar-refractivity contribution in [1.29, 1.82) is 0 Å². The Morgan fingerprint density at radius 1 is 1.69 bits per heavy atom. The molecule has 1 aliphatic rings. The van der Waals surface area contributed by atoms with Gasteiger partial charge in [-0.05, 0) is 31.4 Å². The molecule has 4 heteroatoms. The summed E-state index contributed by atoms with van der Waals surface area (Å²) in [6.45, 7) is 2.86. The van der Waals surface area contributed by atoms with Gasteiger partial charge in [0.05, 0.1) is 17.7 Å². The van der Waals surface area contributed by atoms with Crippen LogP contribution in [0.4, 0.5) is 0 Å². The SMILES string of the molecule is CC1CC(C(N)Cc2ccncc2Cl)CO1. The van der Waals surface area contributed by atoms with Gasteiger partial charge in [-0.3, -0.25) is 4.98 Å². The Labute approximate surface area is 101 Å². The predicted molar refractivity (Wildman–Crippen MR) is 64.4 cm³/mol. The Morgan fingerprint density at radius 2 is 2.50 bits per heavy atom. The van der Waals surface area contributed by atoms with E-state index in [0.29, 0.717) is 17.0 Å². The van der Waals surface area contributed by atoms with Crippen LogP contribution in [0.2, 0.25) is 5.02 Å². The summed E-state index contributed by atoms with van der Waals surface area (Å²) in [7, 11) is 0. The minimum absolute atomic E-state index is 0.116. The zero-order chi connectivity index (χ0) is 11.5. The summed E-state index contributed by atoms with van der Waals surface area (Å²) in [5, 5.41) is 0.699. The summed E-state index contributed by atoms with van der Waals surface area (Å²) >= 11 is 6.05. The van der Waals surface area contributed by atoms with Gasteiger partial charge in [0, 0.05) is 24.4 Å². The molecule has 3 atom stereocenters. The number of rotatable bonds is 3. The molecule has 16 heavy (non-hydrogen) atoms. The maximum Gasteiger partial charge on any atom is 0.0621 e. The highest BCUT2D eigenvalue weighted by Gasteiger charge is 2.27. The highest BCUT2D eigenvalue weighted by Crippen LogP contribution is 2.24. The largest absolute Gasteiger partial charge is 0.378 e. The van der Waals surface area contributed by atoms with Crippen LogP contribution in [0.5, 0.6) is 0 Å². The molecule has 1 saturated heterocycles. The molecule has 2 heterocycles. The molecule has 0 radical (unpaired) electrons. The summed E-state index contributed by atoms with van der Waals surface area (Å²) in [6.07, 6.45) is 5.59. The second-order valence-electron chi connectivity index (χ2n) is 4.47. The van der Waals surface area contributed by atoms with E-state index in [2.05, 4.69) is 11.9 Å². The zero-order valence-corrected chi connectivity index (χ0v) is 10.2. The van der Waals surface area contributed by atoms with Gasteiger partial charge in [-0.1, -0.05) is 11.6 Å². The van der Waals surface area contributed by atoms with E-state index in [1.165, 1.54) is 0 Å². The van der Waals surface area contributed by atoms with Gasteiger partial charge in [-0.2, -0.15) is 0 Å². The Bertz CT molecular complexity index is 359. The number of hydrogen-bond donors (Lipinski definition) is 1. The molecule has 3 nitrogen and oxygen atoms in total. The van der Waals surface area contributed by atoms with Crippen LogP contribution < -0.4 is 5.73 Å². The van der Waals surface area contributed by atoms with Gasteiger partial charge in [0.15, 0.2) is 0 Å². The van der Waals surface area contributed by atoms with E-state index in [1.54, 1.807) is 12.4 Å². The van der Waals surface area contributed by atoms with Crippen molar-refractivity contribution in [2.24, 2.45) is 11.7 Å². The predicted octanol–water partition coefficient (Wildman–Crippen LogP) is 2.03. The highest BCUT2D eigenvalue weighted by atomic mass is 35.5. The smallest absolute Gasteiger partial charge is 0.0621 e. The lowest BCUT2D eigenvalue weighted by molar-refractivity contribution is 0.118. The topological polar surface area (TPSA) is 48.1 Å². The third kappa shape index (κ3) is 2.73. The average molecular weight is 241 g/mol. The second-order valence-corrected chi connectivity index (χ2v) is 4.88. The minimum Gasteiger partial charge on any atom is -0.378 e. The van der Waals surface area contributed by atoms with Crippen LogP contribution in [0.1, 0.15) is 18.9 Å². The summed E-state index contributed by atoms with van der Waals surface area (Å²) in [5.74, 6) is 0.444. The molecular formula is C12H17ClN2O. The number of nitrogens with zero attached hydrogens (tertiary/aromatic N) is 1. The van der Waals surface area contributed by atoms with Crippen LogP contribution in [0.3, 0.4) is 0 Å². The molecule has 1 aromatic rings. The Balaban J connectivity index is 1.97. The number of nitrogens with two attached hydrogens (primary N) is 1. The molecule has 0 bridgehead atoms. The molecule has 1 aliphatic heterocycles. The Morgan fingerprint density at radius 3 is 3.12 bits per heavy atom. The van der Waals surface area contributed by atoms with Crippen LogP contribution in [0.15, 0.2) is 18.5 Å². The molecule has 1 aromatic heterocycles. The molecule has 88 valence electrons. The first-order valence-corrected chi connectivity index (χ1v) is 6.00. The Hall–Kier alpha value is -0.640. The van der Waals surface area contributed by atoms with Crippen molar-refractivity contribution in [2.75, 3.05) is 6.61 Å². The molecule has 0 spiro atoms. The molecule has 0 aliphatic carbocycles. The van der Waals surface area contributed by atoms with Gasteiger partial charge < -0.3 is 10.5 Å². The van der Waals surface area contributed by atoms with Crippen molar-refractivity contribution in [3.63, 3.8) is 0 Å². The first-order valence-electron chi connectivity index (χ1n) is 5.62. The van der Waals surface area contributed by atoms with E-state index >= 15 is 0 Å². The van der Waals surface area contributed by atoms with Crippen molar-refractivity contribution in [3.8, 4) is 0 Å². The quantitative estimate of drug-likeness (QED) is 0.880. The molecule has 2 N–H and O–H groups in total. The van der Waals surface area contributed by atoms with E-state index in [9.17, 15) is 0 Å². The lowest BCUT2D eigenvalue weighted by atomic mass is 9.93. The van der Waals surface area contributed by atoms with Gasteiger partial charge in [-0.25, -0.2) is 0 Å². The number of ether oxygens (including phenoxy) is 1. The van der Waals surface area contributed by atoms with Crippen molar-refractivity contribution < 1.29 is 4.74 Å². The molecule has 2 rings (SSSR count). The molecule has 0 aromatic carbocycles. The van der Waals surface area contributed by atoms with Crippen LogP contribution in [-0.4, -0.2) is 23.7 Å². The molecule has 0 saturated carbocycles. The monoisotopic (exact) mass is 240 g/mol. The number of halogens is 1. The van der Waals surface area contributed by atoms with Crippen molar-refractivity contribution in [2.45, 2.75) is 31.9 Å². The third-order valence-electron chi connectivity index (χ3n) is 3.15. The molecule has 0 amide bonds. The first-order chi connectivity index (χ1) is 7.66. The van der Waals surface area contributed by atoms with E-state index in [4.69, 9.17) is 22.1 Å². The van der Waals surface area contributed by atoms with E-state index in [1.807, 2.05) is 6.07 Å². The van der Waals surface area contributed by atoms with Gasteiger partial charge in [0.2, 0.25) is 0 Å².